The van der Waals surface area contributed by atoms with Gasteiger partial charge in [0.15, 0.2) is 0 Å². The van der Waals surface area contributed by atoms with E-state index in [1.807, 2.05) is 12.1 Å². The molecule has 1 rings (SSSR count). The molecule has 16 heavy (non-hydrogen) atoms. The number of rotatable bonds is 5. The van der Waals surface area contributed by atoms with Gasteiger partial charge >= 0.3 is 0 Å². The summed E-state index contributed by atoms with van der Waals surface area (Å²) in [5.41, 5.74) is 1.59. The molecule has 1 aromatic heterocycles. The highest BCUT2D eigenvalue weighted by molar-refractivity contribution is 5.25. The molecule has 0 aromatic carbocycles. The van der Waals surface area contributed by atoms with Crippen LogP contribution in [0.2, 0.25) is 0 Å². The molecule has 3 nitrogen and oxygen atoms in total. The van der Waals surface area contributed by atoms with Gasteiger partial charge in [-0.15, -0.1) is 0 Å². The van der Waals surface area contributed by atoms with Crippen LogP contribution in [0.25, 0.3) is 0 Å². The number of pyridine rings is 1. The minimum absolute atomic E-state index is 0.482. The molecule has 3 heteroatoms. The van der Waals surface area contributed by atoms with Gasteiger partial charge in [0.05, 0.1) is 0 Å². The monoisotopic (exact) mass is 217 g/mol. The molecule has 0 saturated carbocycles. The Hall–Kier alpha value is -1.40. The third kappa shape index (κ3) is 3.63. The molecule has 0 spiro atoms. The Balaban J connectivity index is 2.51. The molecule has 2 unspecified atom stereocenters. The molecular formula is C13H19N3. The number of nitriles is 1. The molecule has 1 aromatic rings. The van der Waals surface area contributed by atoms with E-state index in [1.54, 1.807) is 6.20 Å². The van der Waals surface area contributed by atoms with E-state index in [-0.39, 0.29) is 0 Å². The summed E-state index contributed by atoms with van der Waals surface area (Å²) >= 11 is 0. The second-order valence-electron chi connectivity index (χ2n) is 4.22. The summed E-state index contributed by atoms with van der Waals surface area (Å²) in [6.45, 7) is 7.43. The molecular weight excluding hydrogens is 198 g/mol. The van der Waals surface area contributed by atoms with E-state index < -0.39 is 0 Å². The first-order chi connectivity index (χ1) is 7.67. The van der Waals surface area contributed by atoms with Crippen molar-refractivity contribution in [3.05, 3.63) is 29.6 Å². The fraction of sp³-hybridized carbons (Fsp3) is 0.538. The van der Waals surface area contributed by atoms with Crippen LogP contribution in [0.15, 0.2) is 18.3 Å². The molecule has 1 N–H and O–H groups in total. The molecule has 0 aliphatic carbocycles. The van der Waals surface area contributed by atoms with Crippen LogP contribution in [0.4, 0.5) is 0 Å². The highest BCUT2D eigenvalue weighted by Gasteiger charge is 2.08. The zero-order chi connectivity index (χ0) is 12.0. The number of aromatic nitrogens is 1. The minimum atomic E-state index is 0.482. The predicted molar refractivity (Wildman–Crippen MR) is 64.7 cm³/mol. The Labute approximate surface area is 97.5 Å². The van der Waals surface area contributed by atoms with Crippen molar-refractivity contribution in [3.63, 3.8) is 0 Å². The van der Waals surface area contributed by atoms with Gasteiger partial charge in [-0.25, -0.2) is 4.98 Å². The fourth-order valence-corrected chi connectivity index (χ4v) is 1.48. The normalized spacial score (nSPS) is 14.1. The van der Waals surface area contributed by atoms with Crippen LogP contribution in [0.1, 0.15) is 38.4 Å². The zero-order valence-electron chi connectivity index (χ0n) is 10.2. The first-order valence-electron chi connectivity index (χ1n) is 5.75. The molecule has 0 radical (unpaired) electrons. The third-order valence-electron chi connectivity index (χ3n) is 3.06. The molecule has 0 amide bonds. The lowest BCUT2D eigenvalue weighted by Gasteiger charge is -2.19. The molecule has 2 atom stereocenters. The Kier molecular flexibility index (Phi) is 4.94. The number of hydrogen-bond acceptors (Lipinski definition) is 3. The van der Waals surface area contributed by atoms with Gasteiger partial charge in [0.2, 0.25) is 0 Å². The third-order valence-corrected chi connectivity index (χ3v) is 3.06. The van der Waals surface area contributed by atoms with Crippen molar-refractivity contribution in [2.45, 2.75) is 39.8 Å². The first-order valence-corrected chi connectivity index (χ1v) is 5.75. The quantitative estimate of drug-likeness (QED) is 0.824. The summed E-state index contributed by atoms with van der Waals surface area (Å²) < 4.78 is 0. The number of nitrogens with zero attached hydrogens (tertiary/aromatic N) is 2. The maximum atomic E-state index is 8.73. The summed E-state index contributed by atoms with van der Waals surface area (Å²) in [5, 5.41) is 12.2. The second-order valence-corrected chi connectivity index (χ2v) is 4.22. The summed E-state index contributed by atoms with van der Waals surface area (Å²) in [6.07, 6.45) is 2.86. The summed E-state index contributed by atoms with van der Waals surface area (Å²) in [4.78, 5) is 3.95. The maximum absolute atomic E-state index is 8.73. The van der Waals surface area contributed by atoms with Gasteiger partial charge in [-0.3, -0.25) is 0 Å². The lowest BCUT2D eigenvalue weighted by Crippen LogP contribution is -2.31. The van der Waals surface area contributed by atoms with E-state index in [9.17, 15) is 0 Å². The minimum Gasteiger partial charge on any atom is -0.310 e. The van der Waals surface area contributed by atoms with E-state index in [0.717, 1.165) is 12.1 Å². The van der Waals surface area contributed by atoms with Crippen LogP contribution in [-0.4, -0.2) is 11.0 Å². The SMILES string of the molecule is CCC(C)C(C)NCc1ccnc(C#N)c1. The highest BCUT2D eigenvalue weighted by atomic mass is 14.9. The van der Waals surface area contributed by atoms with Gasteiger partial charge < -0.3 is 5.32 Å². The van der Waals surface area contributed by atoms with E-state index in [0.29, 0.717) is 17.7 Å². The largest absolute Gasteiger partial charge is 0.310 e. The Morgan fingerprint density at radius 3 is 2.88 bits per heavy atom. The topological polar surface area (TPSA) is 48.7 Å². The summed E-state index contributed by atoms with van der Waals surface area (Å²) in [5.74, 6) is 0.664. The standard InChI is InChI=1S/C13H19N3/c1-4-10(2)11(3)16-9-12-5-6-15-13(7-12)8-14/h5-7,10-11,16H,4,9H2,1-3H3. The van der Waals surface area contributed by atoms with E-state index in [2.05, 4.69) is 37.1 Å². The molecule has 0 bridgehead atoms. The van der Waals surface area contributed by atoms with Crippen LogP contribution in [0, 0.1) is 17.2 Å². The van der Waals surface area contributed by atoms with Crippen molar-refractivity contribution in [2.75, 3.05) is 0 Å². The number of hydrogen-bond donors (Lipinski definition) is 1. The fourth-order valence-electron chi connectivity index (χ4n) is 1.48. The van der Waals surface area contributed by atoms with E-state index in [4.69, 9.17) is 5.26 Å². The van der Waals surface area contributed by atoms with E-state index in [1.165, 1.54) is 6.42 Å². The highest BCUT2D eigenvalue weighted by Crippen LogP contribution is 2.08. The average molecular weight is 217 g/mol. The maximum Gasteiger partial charge on any atom is 0.140 e. The van der Waals surface area contributed by atoms with E-state index >= 15 is 0 Å². The lowest BCUT2D eigenvalue weighted by molar-refractivity contribution is 0.389. The Morgan fingerprint density at radius 1 is 1.50 bits per heavy atom. The van der Waals surface area contributed by atoms with Crippen molar-refractivity contribution in [3.8, 4) is 6.07 Å². The van der Waals surface area contributed by atoms with Crippen molar-refractivity contribution in [1.29, 1.82) is 5.26 Å². The van der Waals surface area contributed by atoms with Crippen LogP contribution in [0.5, 0.6) is 0 Å². The molecule has 1 heterocycles. The van der Waals surface area contributed by atoms with Gasteiger partial charge in [0.25, 0.3) is 0 Å². The number of nitrogens with one attached hydrogen (secondary N) is 1. The zero-order valence-corrected chi connectivity index (χ0v) is 10.2. The van der Waals surface area contributed by atoms with Crippen LogP contribution in [0.3, 0.4) is 0 Å². The first kappa shape index (κ1) is 12.7. The van der Waals surface area contributed by atoms with Crippen molar-refractivity contribution in [1.82, 2.24) is 10.3 Å². The smallest absolute Gasteiger partial charge is 0.140 e. The molecule has 0 aliphatic heterocycles. The van der Waals surface area contributed by atoms with Gasteiger partial charge in [-0.1, -0.05) is 20.3 Å². The average Bonchev–Trinajstić information content (AvgIpc) is 2.35. The molecule has 0 saturated heterocycles. The predicted octanol–water partition coefficient (Wildman–Crippen LogP) is 2.48. The van der Waals surface area contributed by atoms with Crippen molar-refractivity contribution >= 4 is 0 Å². The van der Waals surface area contributed by atoms with Crippen LogP contribution < -0.4 is 5.32 Å². The lowest BCUT2D eigenvalue weighted by atomic mass is 10.0. The van der Waals surface area contributed by atoms with Gasteiger partial charge in [-0.05, 0) is 30.5 Å². The molecule has 0 fully saturated rings. The Bertz CT molecular complexity index is 368. The summed E-state index contributed by atoms with van der Waals surface area (Å²) in [6, 6.07) is 6.31. The second kappa shape index (κ2) is 6.24. The van der Waals surface area contributed by atoms with Crippen LogP contribution >= 0.6 is 0 Å². The molecule has 0 aliphatic rings. The molecule has 86 valence electrons. The van der Waals surface area contributed by atoms with Crippen molar-refractivity contribution < 1.29 is 0 Å². The van der Waals surface area contributed by atoms with Gasteiger partial charge in [0.1, 0.15) is 11.8 Å². The Morgan fingerprint density at radius 2 is 2.25 bits per heavy atom. The van der Waals surface area contributed by atoms with Crippen LogP contribution in [-0.2, 0) is 6.54 Å². The van der Waals surface area contributed by atoms with Crippen molar-refractivity contribution in [2.24, 2.45) is 5.92 Å². The van der Waals surface area contributed by atoms with Gasteiger partial charge in [0, 0.05) is 18.8 Å². The van der Waals surface area contributed by atoms with Gasteiger partial charge in [-0.2, -0.15) is 5.26 Å². The summed E-state index contributed by atoms with van der Waals surface area (Å²) in [7, 11) is 0.